The number of unbranched alkanes of at least 4 members (excludes halogenated alkanes) is 1. The number of rotatable bonds is 14. The number of nitrogens with one attached hydrogen (secondary N) is 3. The monoisotopic (exact) mass is 387 g/mol. The number of urea groups is 1. The molecule has 9 nitrogen and oxygen atoms in total. The third-order valence-corrected chi connectivity index (χ3v) is 3.95. The molecule has 2 unspecified atom stereocenters. The average Bonchev–Trinajstić information content (AvgIpc) is 2.66. The third-order valence-electron chi connectivity index (χ3n) is 3.95. The van der Waals surface area contributed by atoms with Crippen LogP contribution in [0, 0.1) is 0 Å². The van der Waals surface area contributed by atoms with Crippen LogP contribution in [0.2, 0.25) is 0 Å². The number of carbonyl (C=O) groups is 4. The van der Waals surface area contributed by atoms with E-state index in [9.17, 15) is 19.2 Å². The average molecular weight is 387 g/mol. The Morgan fingerprint density at radius 3 is 2.19 bits per heavy atom. The summed E-state index contributed by atoms with van der Waals surface area (Å²) in [5.41, 5.74) is 0. The Bertz CT molecular complexity index is 484. The molecular formula is C18H33N3O6. The minimum atomic E-state index is -0.818. The first-order chi connectivity index (χ1) is 12.9. The van der Waals surface area contributed by atoms with E-state index in [4.69, 9.17) is 4.74 Å². The second-order valence-electron chi connectivity index (χ2n) is 6.01. The molecule has 0 saturated carbocycles. The third kappa shape index (κ3) is 11.2. The van der Waals surface area contributed by atoms with Crippen LogP contribution in [0.3, 0.4) is 0 Å². The maximum absolute atomic E-state index is 12.3. The van der Waals surface area contributed by atoms with Crippen LogP contribution in [-0.4, -0.2) is 63.1 Å². The van der Waals surface area contributed by atoms with Crippen molar-refractivity contribution in [2.24, 2.45) is 0 Å². The zero-order valence-corrected chi connectivity index (χ0v) is 16.8. The Morgan fingerprint density at radius 1 is 0.963 bits per heavy atom. The van der Waals surface area contributed by atoms with Gasteiger partial charge in [-0.15, -0.1) is 0 Å². The lowest BCUT2D eigenvalue weighted by molar-refractivity contribution is -0.145. The molecule has 9 heteroatoms. The normalized spacial score (nSPS) is 12.6. The van der Waals surface area contributed by atoms with Crippen molar-refractivity contribution < 1.29 is 28.7 Å². The highest BCUT2D eigenvalue weighted by Gasteiger charge is 2.25. The van der Waals surface area contributed by atoms with Gasteiger partial charge in [-0.1, -0.05) is 6.92 Å². The number of hydrogen-bond acceptors (Lipinski definition) is 7. The fourth-order valence-corrected chi connectivity index (χ4v) is 2.42. The number of ether oxygens (including phenoxy) is 2. The number of methoxy groups -OCH3 is 1. The van der Waals surface area contributed by atoms with Crippen LogP contribution < -0.4 is 16.0 Å². The van der Waals surface area contributed by atoms with Gasteiger partial charge in [-0.25, -0.2) is 9.59 Å². The van der Waals surface area contributed by atoms with E-state index in [0.29, 0.717) is 6.42 Å². The summed E-state index contributed by atoms with van der Waals surface area (Å²) >= 11 is 0. The molecule has 2 amide bonds. The van der Waals surface area contributed by atoms with Crippen LogP contribution in [-0.2, 0) is 23.9 Å². The Hall–Kier alpha value is -2.16. The molecule has 0 aliphatic rings. The van der Waals surface area contributed by atoms with Gasteiger partial charge in [0.05, 0.1) is 19.8 Å². The second-order valence-corrected chi connectivity index (χ2v) is 6.01. The Morgan fingerprint density at radius 2 is 1.63 bits per heavy atom. The predicted octanol–water partition coefficient (Wildman–Crippen LogP) is 0.908. The van der Waals surface area contributed by atoms with E-state index < -0.39 is 30.1 Å². The molecule has 156 valence electrons. The first-order valence-electron chi connectivity index (χ1n) is 9.37. The smallest absolute Gasteiger partial charge is 0.328 e. The molecule has 0 radical (unpaired) electrons. The molecule has 0 aromatic rings. The van der Waals surface area contributed by atoms with Crippen molar-refractivity contribution in [3.63, 3.8) is 0 Å². The number of carbonyl (C=O) groups excluding carboxylic acids is 4. The molecule has 0 aliphatic carbocycles. The molecule has 0 aromatic heterocycles. The molecule has 0 spiro atoms. The molecule has 0 aliphatic heterocycles. The first kappa shape index (κ1) is 24.8. The summed E-state index contributed by atoms with van der Waals surface area (Å²) in [7, 11) is 3.10. The Labute approximate surface area is 160 Å². The van der Waals surface area contributed by atoms with Gasteiger partial charge in [0, 0.05) is 12.8 Å². The summed E-state index contributed by atoms with van der Waals surface area (Å²) in [6.07, 6.45) is 2.38. The van der Waals surface area contributed by atoms with E-state index in [1.165, 1.54) is 7.11 Å². The highest BCUT2D eigenvalue weighted by atomic mass is 16.5. The first-order valence-corrected chi connectivity index (χ1v) is 9.37. The summed E-state index contributed by atoms with van der Waals surface area (Å²) in [4.78, 5) is 47.7. The van der Waals surface area contributed by atoms with E-state index in [0.717, 1.165) is 19.4 Å². The number of ketones is 1. The van der Waals surface area contributed by atoms with Crippen LogP contribution in [0.5, 0.6) is 0 Å². The summed E-state index contributed by atoms with van der Waals surface area (Å²) in [6, 6.07) is -2.25. The molecule has 2 atom stereocenters. The van der Waals surface area contributed by atoms with Crippen molar-refractivity contribution in [2.75, 3.05) is 27.3 Å². The van der Waals surface area contributed by atoms with Gasteiger partial charge in [-0.2, -0.15) is 0 Å². The molecule has 0 bridgehead atoms. The number of hydrogen-bond donors (Lipinski definition) is 3. The van der Waals surface area contributed by atoms with Crippen LogP contribution >= 0.6 is 0 Å². The van der Waals surface area contributed by atoms with Gasteiger partial charge < -0.3 is 25.4 Å². The highest BCUT2D eigenvalue weighted by molar-refractivity contribution is 5.90. The maximum Gasteiger partial charge on any atom is 0.328 e. The Kier molecular flexibility index (Phi) is 13.8. The van der Waals surface area contributed by atoms with Crippen LogP contribution in [0.4, 0.5) is 4.79 Å². The molecule has 0 aromatic carbocycles. The lowest BCUT2D eigenvalue weighted by Gasteiger charge is -2.21. The molecule has 0 heterocycles. The number of esters is 2. The highest BCUT2D eigenvalue weighted by Crippen LogP contribution is 2.06. The van der Waals surface area contributed by atoms with Gasteiger partial charge >= 0.3 is 18.0 Å². The molecular weight excluding hydrogens is 354 g/mol. The second kappa shape index (κ2) is 15.0. The van der Waals surface area contributed by atoms with Crippen molar-refractivity contribution in [1.82, 2.24) is 16.0 Å². The molecule has 27 heavy (non-hydrogen) atoms. The summed E-state index contributed by atoms with van der Waals surface area (Å²) < 4.78 is 9.57. The van der Waals surface area contributed by atoms with Crippen LogP contribution in [0.15, 0.2) is 0 Å². The fourth-order valence-electron chi connectivity index (χ4n) is 2.42. The summed E-state index contributed by atoms with van der Waals surface area (Å²) in [6.45, 7) is 4.39. The van der Waals surface area contributed by atoms with Gasteiger partial charge in [-0.05, 0) is 46.2 Å². The van der Waals surface area contributed by atoms with E-state index in [2.05, 4.69) is 20.7 Å². The van der Waals surface area contributed by atoms with Crippen LogP contribution in [0.25, 0.3) is 0 Å². The standard InChI is InChI=1S/C18H33N3O6/c1-5-15(22)13(10-11-16(23)26-4)20-18(25)21-14(17(24)27-6-2)9-7-8-12-19-3/h13-14,19H,5-12H2,1-4H3,(H2,20,21,25). The zero-order chi connectivity index (χ0) is 20.7. The quantitative estimate of drug-likeness (QED) is 0.299. The molecule has 0 fully saturated rings. The van der Waals surface area contributed by atoms with E-state index in [1.54, 1.807) is 13.8 Å². The van der Waals surface area contributed by atoms with Crippen molar-refractivity contribution in [2.45, 2.75) is 64.5 Å². The van der Waals surface area contributed by atoms with Crippen molar-refractivity contribution in [1.29, 1.82) is 0 Å². The van der Waals surface area contributed by atoms with Gasteiger partial charge in [-0.3, -0.25) is 9.59 Å². The van der Waals surface area contributed by atoms with Crippen LogP contribution in [0.1, 0.15) is 52.4 Å². The molecule has 3 N–H and O–H groups in total. The zero-order valence-electron chi connectivity index (χ0n) is 16.8. The summed E-state index contributed by atoms with van der Waals surface area (Å²) in [5.74, 6) is -1.17. The molecule has 0 rings (SSSR count). The minimum absolute atomic E-state index is 0.0124. The topological polar surface area (TPSA) is 123 Å². The largest absolute Gasteiger partial charge is 0.469 e. The minimum Gasteiger partial charge on any atom is -0.469 e. The summed E-state index contributed by atoms with van der Waals surface area (Å²) in [5, 5.41) is 8.14. The maximum atomic E-state index is 12.3. The van der Waals surface area contributed by atoms with Crippen molar-refractivity contribution in [3.8, 4) is 0 Å². The Balaban J connectivity index is 4.79. The SMILES string of the molecule is CCOC(=O)C(CCCCNC)NC(=O)NC(CCC(=O)OC)C(=O)CC. The van der Waals surface area contributed by atoms with Gasteiger partial charge in [0.25, 0.3) is 0 Å². The molecule has 0 saturated heterocycles. The van der Waals surface area contributed by atoms with E-state index >= 15 is 0 Å². The van der Waals surface area contributed by atoms with Gasteiger partial charge in [0.15, 0.2) is 5.78 Å². The van der Waals surface area contributed by atoms with Crippen molar-refractivity contribution >= 4 is 23.8 Å². The number of amides is 2. The predicted molar refractivity (Wildman–Crippen MR) is 100 cm³/mol. The van der Waals surface area contributed by atoms with E-state index in [1.807, 2.05) is 7.05 Å². The number of Topliss-reactive ketones (excluding diaryl/α,β-unsaturated/α-hetero) is 1. The fraction of sp³-hybridized carbons (Fsp3) is 0.778. The van der Waals surface area contributed by atoms with E-state index in [-0.39, 0.29) is 31.7 Å². The lowest BCUT2D eigenvalue weighted by atomic mass is 10.1. The van der Waals surface area contributed by atoms with Crippen molar-refractivity contribution in [3.05, 3.63) is 0 Å². The van der Waals surface area contributed by atoms with Gasteiger partial charge in [0.1, 0.15) is 6.04 Å². The lowest BCUT2D eigenvalue weighted by Crippen LogP contribution is -2.51. The van der Waals surface area contributed by atoms with Gasteiger partial charge in [0.2, 0.25) is 0 Å².